The summed E-state index contributed by atoms with van der Waals surface area (Å²) in [6.07, 6.45) is 6.17. The summed E-state index contributed by atoms with van der Waals surface area (Å²) < 4.78 is 1.28. The Morgan fingerprint density at radius 2 is 1.82 bits per heavy atom. The lowest BCUT2D eigenvalue weighted by molar-refractivity contribution is 0.282. The van der Waals surface area contributed by atoms with Gasteiger partial charge in [-0.1, -0.05) is 48.8 Å². The highest BCUT2D eigenvalue weighted by Gasteiger charge is 1.98. The van der Waals surface area contributed by atoms with Gasteiger partial charge in [0.15, 0.2) is 0 Å². The highest BCUT2D eigenvalue weighted by Crippen LogP contribution is 2.12. The summed E-state index contributed by atoms with van der Waals surface area (Å²) >= 11 is 2.44. The zero-order valence-electron chi connectivity index (χ0n) is 7.35. The number of unbranched alkanes of at least 4 members (excludes halogenated alkanes) is 3. The second-order valence-corrected chi connectivity index (χ2v) is 4.07. The van der Waals surface area contributed by atoms with Gasteiger partial charge in [-0.15, -0.1) is 0 Å². The molecule has 0 saturated carbocycles. The van der Waals surface area contributed by atoms with Gasteiger partial charge in [0, 0.05) is 11.0 Å². The molecule has 0 bridgehead atoms. The van der Waals surface area contributed by atoms with Gasteiger partial charge in [-0.05, 0) is 18.8 Å². The number of hydrogen-bond donors (Lipinski definition) is 1. The Bertz CT molecular complexity index is 76.0. The van der Waals surface area contributed by atoms with E-state index >= 15 is 0 Å². The molecule has 0 aliphatic heterocycles. The number of aliphatic hydroxyl groups excluding tert-OH is 1. The van der Waals surface area contributed by atoms with E-state index in [9.17, 15) is 0 Å². The largest absolute Gasteiger partial charge is 0.396 e. The Kier molecular flexibility index (Phi) is 9.33. The van der Waals surface area contributed by atoms with Crippen LogP contribution < -0.4 is 0 Å². The number of rotatable bonds is 7. The first-order chi connectivity index (χ1) is 5.31. The molecule has 0 saturated heterocycles. The Labute approximate surface area is 83.7 Å². The highest BCUT2D eigenvalue weighted by atomic mass is 127. The lowest BCUT2D eigenvalue weighted by atomic mass is 10.0. The van der Waals surface area contributed by atoms with Crippen molar-refractivity contribution in [2.75, 3.05) is 11.0 Å². The highest BCUT2D eigenvalue weighted by molar-refractivity contribution is 14.1. The summed E-state index contributed by atoms with van der Waals surface area (Å²) in [7, 11) is 0. The maximum absolute atomic E-state index is 8.52. The lowest BCUT2D eigenvalue weighted by Crippen LogP contribution is -1.95. The zero-order chi connectivity index (χ0) is 8.53. The first-order valence-electron chi connectivity index (χ1n) is 4.48. The van der Waals surface area contributed by atoms with Gasteiger partial charge in [0.25, 0.3) is 0 Å². The summed E-state index contributed by atoms with van der Waals surface area (Å²) in [5.41, 5.74) is 0. The van der Waals surface area contributed by atoms with Gasteiger partial charge >= 0.3 is 0 Å². The van der Waals surface area contributed by atoms with Crippen molar-refractivity contribution < 1.29 is 5.11 Å². The van der Waals surface area contributed by atoms with Gasteiger partial charge in [0.1, 0.15) is 0 Å². The van der Waals surface area contributed by atoms with E-state index < -0.39 is 0 Å². The first kappa shape index (κ1) is 11.7. The summed E-state index contributed by atoms with van der Waals surface area (Å²) in [6, 6.07) is 0. The molecule has 1 nitrogen and oxygen atoms in total. The fraction of sp³-hybridized carbons (Fsp3) is 1.00. The van der Waals surface area contributed by atoms with Crippen LogP contribution in [-0.2, 0) is 0 Å². The summed E-state index contributed by atoms with van der Waals surface area (Å²) in [5.74, 6) is 0.879. The van der Waals surface area contributed by atoms with E-state index in [0.29, 0.717) is 6.61 Å². The van der Waals surface area contributed by atoms with Gasteiger partial charge in [0.2, 0.25) is 0 Å². The minimum absolute atomic E-state index is 0.363. The van der Waals surface area contributed by atoms with Crippen LogP contribution in [0.25, 0.3) is 0 Å². The molecular weight excluding hydrogens is 251 g/mol. The monoisotopic (exact) mass is 270 g/mol. The van der Waals surface area contributed by atoms with E-state index in [2.05, 4.69) is 29.5 Å². The Morgan fingerprint density at radius 3 is 2.36 bits per heavy atom. The molecule has 0 aromatic rings. The molecular formula is C9H19IO. The third-order valence-electron chi connectivity index (χ3n) is 1.87. The Hall–Kier alpha value is 0.690. The molecule has 0 spiro atoms. The number of aliphatic hydroxyl groups is 1. The smallest absolute Gasteiger partial charge is 0.0431 e. The van der Waals surface area contributed by atoms with Gasteiger partial charge in [-0.2, -0.15) is 0 Å². The van der Waals surface area contributed by atoms with Crippen LogP contribution in [0.1, 0.15) is 39.0 Å². The SMILES string of the molecule is C[C@@H](CI)CCCCCCO. The van der Waals surface area contributed by atoms with Crippen LogP contribution in [-0.4, -0.2) is 16.1 Å². The second-order valence-electron chi connectivity index (χ2n) is 3.19. The maximum Gasteiger partial charge on any atom is 0.0431 e. The summed E-state index contributed by atoms with van der Waals surface area (Å²) in [6.45, 7) is 2.67. The van der Waals surface area contributed by atoms with E-state index in [-0.39, 0.29) is 0 Å². The van der Waals surface area contributed by atoms with Crippen LogP contribution in [0.4, 0.5) is 0 Å². The van der Waals surface area contributed by atoms with Gasteiger partial charge in [-0.25, -0.2) is 0 Å². The van der Waals surface area contributed by atoms with Gasteiger partial charge in [-0.3, -0.25) is 0 Å². The maximum atomic E-state index is 8.52. The van der Waals surface area contributed by atoms with Crippen LogP contribution in [0, 0.1) is 5.92 Å². The summed E-state index contributed by atoms with van der Waals surface area (Å²) in [5, 5.41) is 8.52. The normalized spacial score (nSPS) is 13.4. The molecule has 0 aromatic carbocycles. The molecule has 0 aliphatic carbocycles. The molecule has 1 N–H and O–H groups in total. The molecule has 0 unspecified atom stereocenters. The molecule has 0 radical (unpaired) electrons. The van der Waals surface area contributed by atoms with Crippen molar-refractivity contribution in [2.45, 2.75) is 39.0 Å². The Balaban J connectivity index is 2.89. The van der Waals surface area contributed by atoms with Crippen LogP contribution in [0.5, 0.6) is 0 Å². The van der Waals surface area contributed by atoms with Crippen molar-refractivity contribution in [2.24, 2.45) is 5.92 Å². The molecule has 1 atom stereocenters. The molecule has 11 heavy (non-hydrogen) atoms. The van der Waals surface area contributed by atoms with Crippen molar-refractivity contribution in [3.05, 3.63) is 0 Å². The van der Waals surface area contributed by atoms with Crippen molar-refractivity contribution >= 4 is 22.6 Å². The van der Waals surface area contributed by atoms with E-state index in [4.69, 9.17) is 5.11 Å². The van der Waals surface area contributed by atoms with Gasteiger partial charge < -0.3 is 5.11 Å². The average molecular weight is 270 g/mol. The molecule has 0 aromatic heterocycles. The minimum Gasteiger partial charge on any atom is -0.396 e. The van der Waals surface area contributed by atoms with Crippen LogP contribution in [0.3, 0.4) is 0 Å². The number of halogens is 1. The Morgan fingerprint density at radius 1 is 1.18 bits per heavy atom. The molecule has 2 heteroatoms. The van der Waals surface area contributed by atoms with Crippen molar-refractivity contribution in [1.29, 1.82) is 0 Å². The average Bonchev–Trinajstić information content (AvgIpc) is 2.04. The minimum atomic E-state index is 0.363. The predicted molar refractivity (Wildman–Crippen MR) is 58.2 cm³/mol. The van der Waals surface area contributed by atoms with Gasteiger partial charge in [0.05, 0.1) is 0 Å². The van der Waals surface area contributed by atoms with Crippen LogP contribution in [0.15, 0.2) is 0 Å². The molecule has 0 heterocycles. The number of alkyl halides is 1. The van der Waals surface area contributed by atoms with Crippen LogP contribution >= 0.6 is 22.6 Å². The molecule has 0 rings (SSSR count). The van der Waals surface area contributed by atoms with E-state index in [1.807, 2.05) is 0 Å². The lowest BCUT2D eigenvalue weighted by Gasteiger charge is -2.05. The zero-order valence-corrected chi connectivity index (χ0v) is 9.51. The number of hydrogen-bond acceptors (Lipinski definition) is 1. The second kappa shape index (κ2) is 8.78. The standard InChI is InChI=1S/C9H19IO/c1-9(8-10)6-4-2-3-5-7-11/h9,11H,2-8H2,1H3/t9-/m1/s1. The van der Waals surface area contributed by atoms with Crippen molar-refractivity contribution in [3.63, 3.8) is 0 Å². The molecule has 0 fully saturated rings. The van der Waals surface area contributed by atoms with Crippen molar-refractivity contribution in [3.8, 4) is 0 Å². The van der Waals surface area contributed by atoms with Crippen molar-refractivity contribution in [1.82, 2.24) is 0 Å². The topological polar surface area (TPSA) is 20.2 Å². The quantitative estimate of drug-likeness (QED) is 0.428. The molecule has 0 aliphatic rings. The first-order valence-corrected chi connectivity index (χ1v) is 6.00. The summed E-state index contributed by atoms with van der Waals surface area (Å²) in [4.78, 5) is 0. The van der Waals surface area contributed by atoms with E-state index in [1.54, 1.807) is 0 Å². The van der Waals surface area contributed by atoms with E-state index in [1.165, 1.54) is 30.1 Å². The predicted octanol–water partition coefficient (Wildman–Crippen LogP) is 3.00. The van der Waals surface area contributed by atoms with E-state index in [0.717, 1.165) is 12.3 Å². The van der Waals surface area contributed by atoms with Crippen LogP contribution in [0.2, 0.25) is 0 Å². The third kappa shape index (κ3) is 8.60. The third-order valence-corrected chi connectivity index (χ3v) is 3.37. The molecule has 0 amide bonds. The molecule has 68 valence electrons. The fourth-order valence-corrected chi connectivity index (χ4v) is 1.48. The fourth-order valence-electron chi connectivity index (χ4n) is 1.04.